The van der Waals surface area contributed by atoms with Crippen molar-refractivity contribution in [3.63, 3.8) is 0 Å². The molecule has 0 aliphatic carbocycles. The van der Waals surface area contributed by atoms with E-state index in [4.69, 9.17) is 4.74 Å². The SMILES string of the molecule is C=C(C)C(=O)OC(C)CN1C(=O)C=C(C)C1=O. The Morgan fingerprint density at radius 1 is 1.53 bits per heavy atom. The molecule has 1 aliphatic heterocycles. The summed E-state index contributed by atoms with van der Waals surface area (Å²) in [7, 11) is 0. The van der Waals surface area contributed by atoms with Crippen LogP contribution >= 0.6 is 0 Å². The third kappa shape index (κ3) is 3.03. The molecule has 0 radical (unpaired) electrons. The number of imide groups is 1. The van der Waals surface area contributed by atoms with Gasteiger partial charge in [0.25, 0.3) is 11.8 Å². The van der Waals surface area contributed by atoms with E-state index in [9.17, 15) is 14.4 Å². The molecule has 0 aromatic heterocycles. The molecule has 0 N–H and O–H groups in total. The summed E-state index contributed by atoms with van der Waals surface area (Å²) in [4.78, 5) is 35.3. The molecule has 0 spiro atoms. The largest absolute Gasteiger partial charge is 0.457 e. The second-order valence-electron chi connectivity index (χ2n) is 4.08. The number of hydrogen-bond donors (Lipinski definition) is 0. The summed E-state index contributed by atoms with van der Waals surface area (Å²) < 4.78 is 5.00. The third-order valence-corrected chi connectivity index (χ3v) is 2.28. The minimum absolute atomic E-state index is 0.0600. The van der Waals surface area contributed by atoms with Crippen molar-refractivity contribution in [1.82, 2.24) is 4.90 Å². The first kappa shape index (κ1) is 13.2. The second kappa shape index (κ2) is 4.95. The minimum atomic E-state index is -0.550. The van der Waals surface area contributed by atoms with Gasteiger partial charge in [-0.25, -0.2) is 4.79 Å². The molecular formula is C12H15NO4. The van der Waals surface area contributed by atoms with Crippen LogP contribution in [0.25, 0.3) is 0 Å². The summed E-state index contributed by atoms with van der Waals surface area (Å²) in [5.74, 6) is -1.24. The molecule has 0 aromatic rings. The number of ether oxygens (including phenoxy) is 1. The normalized spacial score (nSPS) is 16.9. The van der Waals surface area contributed by atoms with Crippen molar-refractivity contribution in [2.75, 3.05) is 6.54 Å². The van der Waals surface area contributed by atoms with Crippen molar-refractivity contribution in [3.05, 3.63) is 23.8 Å². The van der Waals surface area contributed by atoms with Crippen LogP contribution in [-0.4, -0.2) is 35.3 Å². The van der Waals surface area contributed by atoms with E-state index in [0.29, 0.717) is 5.57 Å². The Labute approximate surface area is 99.7 Å². The van der Waals surface area contributed by atoms with E-state index in [0.717, 1.165) is 4.90 Å². The number of amides is 2. The van der Waals surface area contributed by atoms with Crippen LogP contribution in [0.1, 0.15) is 20.8 Å². The lowest BCUT2D eigenvalue weighted by Gasteiger charge is -2.19. The zero-order valence-corrected chi connectivity index (χ0v) is 10.1. The predicted molar refractivity (Wildman–Crippen MR) is 60.8 cm³/mol. The number of carbonyl (C=O) groups excluding carboxylic acids is 3. The van der Waals surface area contributed by atoms with Gasteiger partial charge in [-0.05, 0) is 20.8 Å². The maximum atomic E-state index is 11.5. The molecule has 92 valence electrons. The monoisotopic (exact) mass is 237 g/mol. The van der Waals surface area contributed by atoms with Crippen LogP contribution in [0, 0.1) is 0 Å². The van der Waals surface area contributed by atoms with E-state index < -0.39 is 12.1 Å². The molecule has 0 bridgehead atoms. The first-order chi connectivity index (χ1) is 7.82. The average Bonchev–Trinajstić information content (AvgIpc) is 2.45. The van der Waals surface area contributed by atoms with Gasteiger partial charge in [0.1, 0.15) is 6.10 Å². The van der Waals surface area contributed by atoms with Crippen LogP contribution in [0.15, 0.2) is 23.8 Å². The fourth-order valence-electron chi connectivity index (χ4n) is 1.39. The highest BCUT2D eigenvalue weighted by Gasteiger charge is 2.30. The van der Waals surface area contributed by atoms with Crippen LogP contribution in [0.4, 0.5) is 0 Å². The maximum absolute atomic E-state index is 11.5. The van der Waals surface area contributed by atoms with Gasteiger partial charge in [-0.15, -0.1) is 0 Å². The standard InChI is InChI=1S/C12H15NO4/c1-7(2)12(16)17-9(4)6-13-10(14)5-8(3)11(13)15/h5,9H,1,6H2,2-4H3. The van der Waals surface area contributed by atoms with Gasteiger partial charge in [0.2, 0.25) is 0 Å². The Hall–Kier alpha value is -1.91. The van der Waals surface area contributed by atoms with Gasteiger partial charge >= 0.3 is 5.97 Å². The lowest BCUT2D eigenvalue weighted by atomic mass is 10.3. The van der Waals surface area contributed by atoms with Gasteiger partial charge in [0.15, 0.2) is 0 Å². The zero-order chi connectivity index (χ0) is 13.2. The van der Waals surface area contributed by atoms with E-state index >= 15 is 0 Å². The Morgan fingerprint density at radius 2 is 2.12 bits per heavy atom. The van der Waals surface area contributed by atoms with E-state index in [1.165, 1.54) is 13.0 Å². The molecule has 0 fully saturated rings. The average molecular weight is 237 g/mol. The smallest absolute Gasteiger partial charge is 0.333 e. The second-order valence-corrected chi connectivity index (χ2v) is 4.08. The summed E-state index contributed by atoms with van der Waals surface area (Å²) in [5, 5.41) is 0. The minimum Gasteiger partial charge on any atom is -0.457 e. The van der Waals surface area contributed by atoms with Crippen LogP contribution in [0.2, 0.25) is 0 Å². The van der Waals surface area contributed by atoms with Crippen molar-refractivity contribution in [2.24, 2.45) is 0 Å². The fourth-order valence-corrected chi connectivity index (χ4v) is 1.39. The summed E-state index contributed by atoms with van der Waals surface area (Å²) in [6.07, 6.45) is 0.724. The van der Waals surface area contributed by atoms with E-state index in [1.807, 2.05) is 0 Å². The topological polar surface area (TPSA) is 63.7 Å². The summed E-state index contributed by atoms with van der Waals surface area (Å²) >= 11 is 0. The lowest BCUT2D eigenvalue weighted by molar-refractivity contribution is -0.149. The number of hydrogen-bond acceptors (Lipinski definition) is 4. The highest BCUT2D eigenvalue weighted by Crippen LogP contribution is 2.13. The molecule has 5 nitrogen and oxygen atoms in total. The molecule has 0 aromatic carbocycles. The molecule has 2 amide bonds. The van der Waals surface area contributed by atoms with E-state index in [1.54, 1.807) is 13.8 Å². The third-order valence-electron chi connectivity index (χ3n) is 2.28. The van der Waals surface area contributed by atoms with Crippen molar-refractivity contribution < 1.29 is 19.1 Å². The summed E-state index contributed by atoms with van der Waals surface area (Å²) in [5.41, 5.74) is 0.679. The first-order valence-corrected chi connectivity index (χ1v) is 5.23. The van der Waals surface area contributed by atoms with Gasteiger partial charge in [0, 0.05) is 17.2 Å². The highest BCUT2D eigenvalue weighted by atomic mass is 16.5. The summed E-state index contributed by atoms with van der Waals surface area (Å²) in [6.45, 7) is 8.24. The van der Waals surface area contributed by atoms with E-state index in [2.05, 4.69) is 6.58 Å². The number of nitrogens with zero attached hydrogens (tertiary/aromatic N) is 1. The predicted octanol–water partition coefficient (Wildman–Crippen LogP) is 0.809. The van der Waals surface area contributed by atoms with Gasteiger partial charge in [0.05, 0.1) is 6.54 Å². The Bertz CT molecular complexity index is 422. The Morgan fingerprint density at radius 3 is 2.53 bits per heavy atom. The van der Waals surface area contributed by atoms with Crippen molar-refractivity contribution in [2.45, 2.75) is 26.9 Å². The zero-order valence-electron chi connectivity index (χ0n) is 10.1. The molecule has 1 aliphatic rings. The molecule has 0 saturated heterocycles. The van der Waals surface area contributed by atoms with Crippen molar-refractivity contribution >= 4 is 17.8 Å². The van der Waals surface area contributed by atoms with Gasteiger partial charge in [-0.1, -0.05) is 6.58 Å². The molecule has 0 saturated carbocycles. The van der Waals surface area contributed by atoms with Crippen molar-refractivity contribution in [1.29, 1.82) is 0 Å². The summed E-state index contributed by atoms with van der Waals surface area (Å²) in [6, 6.07) is 0. The number of rotatable bonds is 4. The quantitative estimate of drug-likeness (QED) is 0.412. The highest BCUT2D eigenvalue weighted by molar-refractivity contribution is 6.15. The van der Waals surface area contributed by atoms with Crippen LogP contribution in [-0.2, 0) is 19.1 Å². The van der Waals surface area contributed by atoms with Crippen LogP contribution in [0.3, 0.4) is 0 Å². The molecule has 5 heteroatoms. The lowest BCUT2D eigenvalue weighted by Crippen LogP contribution is -2.38. The van der Waals surface area contributed by atoms with Crippen molar-refractivity contribution in [3.8, 4) is 0 Å². The van der Waals surface area contributed by atoms with Crippen LogP contribution < -0.4 is 0 Å². The maximum Gasteiger partial charge on any atom is 0.333 e. The molecule has 1 rings (SSSR count). The molecule has 1 heterocycles. The number of carbonyl (C=O) groups is 3. The number of esters is 1. The molecule has 1 atom stereocenters. The van der Waals surface area contributed by atoms with E-state index in [-0.39, 0.29) is 23.9 Å². The Balaban J connectivity index is 2.56. The molecular weight excluding hydrogens is 222 g/mol. The molecule has 17 heavy (non-hydrogen) atoms. The first-order valence-electron chi connectivity index (χ1n) is 5.23. The van der Waals surface area contributed by atoms with Gasteiger partial charge < -0.3 is 4.74 Å². The van der Waals surface area contributed by atoms with Gasteiger partial charge in [-0.3, -0.25) is 14.5 Å². The fraction of sp³-hybridized carbons (Fsp3) is 0.417. The Kier molecular flexibility index (Phi) is 3.83. The van der Waals surface area contributed by atoms with Gasteiger partial charge in [-0.2, -0.15) is 0 Å². The van der Waals surface area contributed by atoms with Crippen LogP contribution in [0.5, 0.6) is 0 Å². The molecule has 1 unspecified atom stereocenters.